The van der Waals surface area contributed by atoms with Crippen LogP contribution in [0.4, 0.5) is 10.1 Å². The first-order valence-corrected chi connectivity index (χ1v) is 7.90. The summed E-state index contributed by atoms with van der Waals surface area (Å²) in [6.45, 7) is -0.235. The maximum Gasteiger partial charge on any atom is 0.261 e. The molecule has 0 saturated carbocycles. The molecule has 0 radical (unpaired) electrons. The second-order valence-corrected chi connectivity index (χ2v) is 5.77. The van der Waals surface area contributed by atoms with Gasteiger partial charge in [-0.15, -0.1) is 0 Å². The number of aromatic nitrogens is 3. The third kappa shape index (κ3) is 2.90. The molecule has 0 aliphatic heterocycles. The first kappa shape index (κ1) is 15.9. The summed E-state index contributed by atoms with van der Waals surface area (Å²) in [7, 11) is 0. The molecule has 1 amide bonds. The Morgan fingerprint density at radius 2 is 1.96 bits per heavy atom. The predicted octanol–water partition coefficient (Wildman–Crippen LogP) is 2.72. The smallest absolute Gasteiger partial charge is 0.261 e. The molecule has 4 aromatic rings. The number of halogens is 1. The summed E-state index contributed by atoms with van der Waals surface area (Å²) < 4.78 is 14.5. The average molecular weight is 348 g/mol. The highest BCUT2D eigenvalue weighted by atomic mass is 19.1. The number of anilines is 1. The molecule has 2 aromatic carbocycles. The number of amides is 1. The second-order valence-electron chi connectivity index (χ2n) is 5.77. The molecule has 0 aliphatic carbocycles. The van der Waals surface area contributed by atoms with E-state index in [1.807, 2.05) is 24.3 Å². The maximum atomic E-state index is 13.4. The standard InChI is InChI=1S/C19H13FN4O2/c20-13-6-7-15-14(9-13)19(26)24(11-22-15)10-17(25)23-16-5-1-3-12-4-2-8-21-18(12)16/h1-9,11H,10H2,(H,23,25). The minimum Gasteiger partial charge on any atom is -0.323 e. The number of hydrogen-bond donors (Lipinski definition) is 1. The number of carbonyl (C=O) groups excluding carboxylic acids is 1. The summed E-state index contributed by atoms with van der Waals surface area (Å²) in [6, 6.07) is 12.9. The van der Waals surface area contributed by atoms with Crippen molar-refractivity contribution in [2.24, 2.45) is 0 Å². The summed E-state index contributed by atoms with van der Waals surface area (Å²) >= 11 is 0. The molecule has 0 unspecified atom stereocenters. The van der Waals surface area contributed by atoms with E-state index in [2.05, 4.69) is 15.3 Å². The van der Waals surface area contributed by atoms with E-state index < -0.39 is 17.3 Å². The molecule has 1 N–H and O–H groups in total. The minimum absolute atomic E-state index is 0.132. The third-order valence-electron chi connectivity index (χ3n) is 4.01. The molecular formula is C19H13FN4O2. The van der Waals surface area contributed by atoms with E-state index in [9.17, 15) is 14.0 Å². The van der Waals surface area contributed by atoms with Crippen LogP contribution in [0.25, 0.3) is 21.8 Å². The number of pyridine rings is 1. The molecule has 2 heterocycles. The van der Waals surface area contributed by atoms with Gasteiger partial charge >= 0.3 is 0 Å². The SMILES string of the molecule is O=C(Cn1cnc2ccc(F)cc2c1=O)Nc1cccc2cccnc12. The van der Waals surface area contributed by atoms with Gasteiger partial charge in [-0.3, -0.25) is 19.1 Å². The lowest BCUT2D eigenvalue weighted by molar-refractivity contribution is -0.116. The highest BCUT2D eigenvalue weighted by Gasteiger charge is 2.11. The van der Waals surface area contributed by atoms with Crippen LogP contribution in [0.3, 0.4) is 0 Å². The van der Waals surface area contributed by atoms with Gasteiger partial charge < -0.3 is 5.32 Å². The Bertz CT molecular complexity index is 1200. The summed E-state index contributed by atoms with van der Waals surface area (Å²) in [6.07, 6.45) is 2.92. The molecule has 0 fully saturated rings. The zero-order valence-electron chi connectivity index (χ0n) is 13.5. The monoisotopic (exact) mass is 348 g/mol. The molecular weight excluding hydrogens is 335 g/mol. The number of fused-ring (bicyclic) bond motifs is 2. The molecule has 26 heavy (non-hydrogen) atoms. The number of hydrogen-bond acceptors (Lipinski definition) is 4. The van der Waals surface area contributed by atoms with Gasteiger partial charge in [-0.05, 0) is 30.3 Å². The second kappa shape index (κ2) is 6.36. The molecule has 0 spiro atoms. The van der Waals surface area contributed by atoms with Crippen LogP contribution in [-0.4, -0.2) is 20.4 Å². The van der Waals surface area contributed by atoms with E-state index in [0.717, 1.165) is 16.0 Å². The molecule has 2 aromatic heterocycles. The van der Waals surface area contributed by atoms with E-state index in [-0.39, 0.29) is 11.9 Å². The fraction of sp³-hybridized carbons (Fsp3) is 0.0526. The fourth-order valence-corrected chi connectivity index (χ4v) is 2.79. The van der Waals surface area contributed by atoms with Crippen molar-refractivity contribution in [2.75, 3.05) is 5.32 Å². The first-order chi connectivity index (χ1) is 12.6. The number of carbonyl (C=O) groups is 1. The van der Waals surface area contributed by atoms with E-state index in [0.29, 0.717) is 16.7 Å². The van der Waals surface area contributed by atoms with Gasteiger partial charge in [0, 0.05) is 11.6 Å². The zero-order chi connectivity index (χ0) is 18.1. The Labute approximate surface area is 146 Å². The van der Waals surface area contributed by atoms with Crippen molar-refractivity contribution in [2.45, 2.75) is 6.54 Å². The summed E-state index contributed by atoms with van der Waals surface area (Å²) in [4.78, 5) is 33.2. The van der Waals surface area contributed by atoms with E-state index in [4.69, 9.17) is 0 Å². The number of rotatable bonds is 3. The molecule has 0 bridgehead atoms. The van der Waals surface area contributed by atoms with Crippen LogP contribution < -0.4 is 10.9 Å². The number of benzene rings is 2. The zero-order valence-corrected chi connectivity index (χ0v) is 13.5. The Balaban J connectivity index is 1.63. The summed E-state index contributed by atoms with van der Waals surface area (Å²) in [5.41, 5.74) is 1.13. The largest absolute Gasteiger partial charge is 0.323 e. The van der Waals surface area contributed by atoms with E-state index in [1.54, 1.807) is 12.3 Å². The van der Waals surface area contributed by atoms with Crippen LogP contribution in [0.5, 0.6) is 0 Å². The van der Waals surface area contributed by atoms with Crippen LogP contribution in [0.1, 0.15) is 0 Å². The van der Waals surface area contributed by atoms with Crippen molar-refractivity contribution in [3.05, 3.63) is 77.2 Å². The predicted molar refractivity (Wildman–Crippen MR) is 96.3 cm³/mol. The van der Waals surface area contributed by atoms with Gasteiger partial charge in [-0.1, -0.05) is 18.2 Å². The van der Waals surface area contributed by atoms with Crippen LogP contribution in [0.15, 0.2) is 65.8 Å². The van der Waals surface area contributed by atoms with Crippen molar-refractivity contribution in [1.29, 1.82) is 0 Å². The maximum absolute atomic E-state index is 13.4. The topological polar surface area (TPSA) is 76.9 Å². The lowest BCUT2D eigenvalue weighted by Crippen LogP contribution is -2.28. The van der Waals surface area contributed by atoms with Crippen molar-refractivity contribution < 1.29 is 9.18 Å². The lowest BCUT2D eigenvalue weighted by Gasteiger charge is -2.09. The number of nitrogens with one attached hydrogen (secondary N) is 1. The molecule has 7 heteroatoms. The number of para-hydroxylation sites is 1. The molecule has 0 atom stereocenters. The van der Waals surface area contributed by atoms with Crippen molar-refractivity contribution in [3.63, 3.8) is 0 Å². The molecule has 0 aliphatic rings. The normalized spacial score (nSPS) is 11.0. The summed E-state index contributed by atoms with van der Waals surface area (Å²) in [5.74, 6) is -0.928. The van der Waals surface area contributed by atoms with Gasteiger partial charge in [0.25, 0.3) is 5.56 Å². The number of nitrogens with zero attached hydrogens (tertiary/aromatic N) is 3. The average Bonchev–Trinajstić information content (AvgIpc) is 2.65. The quantitative estimate of drug-likeness (QED) is 0.618. The third-order valence-corrected chi connectivity index (χ3v) is 4.01. The highest BCUT2D eigenvalue weighted by molar-refractivity contribution is 6.00. The van der Waals surface area contributed by atoms with Crippen molar-refractivity contribution >= 4 is 33.4 Å². The van der Waals surface area contributed by atoms with Gasteiger partial charge in [-0.25, -0.2) is 9.37 Å². The Kier molecular flexibility index (Phi) is 3.89. The molecule has 0 saturated heterocycles. The summed E-state index contributed by atoms with van der Waals surface area (Å²) in [5, 5.41) is 3.78. The van der Waals surface area contributed by atoms with Gasteiger partial charge in [0.1, 0.15) is 12.4 Å². The molecule has 128 valence electrons. The van der Waals surface area contributed by atoms with Crippen molar-refractivity contribution in [1.82, 2.24) is 14.5 Å². The van der Waals surface area contributed by atoms with Gasteiger partial charge in [-0.2, -0.15) is 0 Å². The minimum atomic E-state index is -0.527. The fourth-order valence-electron chi connectivity index (χ4n) is 2.79. The van der Waals surface area contributed by atoms with Gasteiger partial charge in [0.2, 0.25) is 5.91 Å². The molecule has 6 nitrogen and oxygen atoms in total. The molecule has 4 rings (SSSR count). The van der Waals surface area contributed by atoms with Crippen LogP contribution >= 0.6 is 0 Å². The van der Waals surface area contributed by atoms with Gasteiger partial charge in [0.05, 0.1) is 28.4 Å². The van der Waals surface area contributed by atoms with E-state index >= 15 is 0 Å². The first-order valence-electron chi connectivity index (χ1n) is 7.90. The Hall–Kier alpha value is -3.61. The Morgan fingerprint density at radius 3 is 2.85 bits per heavy atom. The van der Waals surface area contributed by atoms with Gasteiger partial charge in [0.15, 0.2) is 0 Å². The van der Waals surface area contributed by atoms with E-state index in [1.165, 1.54) is 18.5 Å². The van der Waals surface area contributed by atoms with Crippen molar-refractivity contribution in [3.8, 4) is 0 Å². The van der Waals surface area contributed by atoms with Crippen LogP contribution in [-0.2, 0) is 11.3 Å². The lowest BCUT2D eigenvalue weighted by atomic mass is 10.2. The highest BCUT2D eigenvalue weighted by Crippen LogP contribution is 2.20. The Morgan fingerprint density at radius 1 is 1.12 bits per heavy atom. The van der Waals surface area contributed by atoms with Crippen LogP contribution in [0.2, 0.25) is 0 Å². The van der Waals surface area contributed by atoms with Crippen LogP contribution in [0, 0.1) is 5.82 Å².